The number of nitrogens with two attached hydrogens (primary N) is 1. The molecule has 0 saturated carbocycles. The van der Waals surface area contributed by atoms with E-state index in [1.165, 1.54) is 6.20 Å². The van der Waals surface area contributed by atoms with Gasteiger partial charge < -0.3 is 15.4 Å². The van der Waals surface area contributed by atoms with Gasteiger partial charge in [-0.15, -0.1) is 10.2 Å². The Hall–Kier alpha value is -3.54. The fourth-order valence-corrected chi connectivity index (χ4v) is 3.23. The molecule has 1 saturated heterocycles. The molecule has 0 aliphatic carbocycles. The fourth-order valence-electron chi connectivity index (χ4n) is 3.23. The van der Waals surface area contributed by atoms with Gasteiger partial charge in [0.05, 0.1) is 30.8 Å². The summed E-state index contributed by atoms with van der Waals surface area (Å²) in [4.78, 5) is 2.27. The Morgan fingerprint density at radius 1 is 1.07 bits per heavy atom. The lowest BCUT2D eigenvalue weighted by Gasteiger charge is -2.29. The molecule has 1 aromatic heterocycles. The van der Waals surface area contributed by atoms with E-state index in [1.807, 2.05) is 48.5 Å². The number of hydrogen-bond donors (Lipinski definition) is 1. The zero-order chi connectivity index (χ0) is 20.1. The molecule has 1 aliphatic rings. The van der Waals surface area contributed by atoms with Crippen LogP contribution in [0.5, 0.6) is 0 Å². The lowest BCUT2D eigenvalue weighted by molar-refractivity contribution is 0.122. The number of nitriles is 1. The molecular formula is C21H21N7O. The molecular weight excluding hydrogens is 366 g/mol. The molecule has 2 heterocycles. The summed E-state index contributed by atoms with van der Waals surface area (Å²) in [5.41, 5.74) is 9.79. The molecule has 0 radical (unpaired) electrons. The van der Waals surface area contributed by atoms with Crippen molar-refractivity contribution >= 4 is 17.2 Å². The predicted octanol–water partition coefficient (Wildman–Crippen LogP) is 3.45. The van der Waals surface area contributed by atoms with Crippen molar-refractivity contribution in [3.63, 3.8) is 0 Å². The summed E-state index contributed by atoms with van der Waals surface area (Å²) in [7, 11) is 0. The molecule has 0 bridgehead atoms. The molecule has 4 rings (SSSR count). The summed E-state index contributed by atoms with van der Waals surface area (Å²) in [5, 5.41) is 22.4. The molecule has 8 nitrogen and oxygen atoms in total. The number of benzene rings is 2. The van der Waals surface area contributed by atoms with Crippen molar-refractivity contribution in [2.45, 2.75) is 6.54 Å². The van der Waals surface area contributed by atoms with Crippen molar-refractivity contribution in [1.29, 1.82) is 5.26 Å². The number of hydrogen-bond acceptors (Lipinski definition) is 7. The number of aromatic nitrogens is 2. The number of ether oxygens (including phenoxy) is 1. The van der Waals surface area contributed by atoms with E-state index in [1.54, 1.807) is 4.68 Å². The number of nitrogens with zero attached hydrogens (tertiary/aromatic N) is 6. The van der Waals surface area contributed by atoms with Crippen LogP contribution in [0.25, 0.3) is 5.69 Å². The van der Waals surface area contributed by atoms with Crippen LogP contribution in [0.4, 0.5) is 17.2 Å². The first-order chi connectivity index (χ1) is 14.3. The first-order valence-electron chi connectivity index (χ1n) is 9.41. The highest BCUT2D eigenvalue weighted by Gasteiger charge is 2.14. The highest BCUT2D eigenvalue weighted by molar-refractivity contribution is 5.59. The number of anilines is 1. The van der Waals surface area contributed by atoms with Crippen LogP contribution in [0.1, 0.15) is 11.1 Å². The smallest absolute Gasteiger partial charge is 0.195 e. The van der Waals surface area contributed by atoms with Gasteiger partial charge in [-0.2, -0.15) is 10.4 Å². The Balaban J connectivity index is 1.66. The number of para-hydroxylation sites is 1. The van der Waals surface area contributed by atoms with Crippen LogP contribution in [0.3, 0.4) is 0 Å². The Morgan fingerprint density at radius 3 is 2.59 bits per heavy atom. The average Bonchev–Trinajstić information content (AvgIpc) is 3.21. The van der Waals surface area contributed by atoms with Gasteiger partial charge in [0.1, 0.15) is 11.6 Å². The van der Waals surface area contributed by atoms with Gasteiger partial charge in [0.15, 0.2) is 5.82 Å². The summed E-state index contributed by atoms with van der Waals surface area (Å²) >= 11 is 0. The van der Waals surface area contributed by atoms with Gasteiger partial charge in [0.2, 0.25) is 0 Å². The SMILES string of the molecule is N#Cc1cnn(-c2ccccc2)c1N=Nc1ccc(N2CCOCC2)cc1CN. The topological polar surface area (TPSA) is 105 Å². The second-order valence-electron chi connectivity index (χ2n) is 6.56. The summed E-state index contributed by atoms with van der Waals surface area (Å²) < 4.78 is 7.02. The van der Waals surface area contributed by atoms with Crippen molar-refractivity contribution in [1.82, 2.24) is 9.78 Å². The van der Waals surface area contributed by atoms with Crippen molar-refractivity contribution in [3.05, 3.63) is 65.9 Å². The first-order valence-corrected chi connectivity index (χ1v) is 9.41. The van der Waals surface area contributed by atoms with Gasteiger partial charge in [0.25, 0.3) is 0 Å². The molecule has 0 amide bonds. The van der Waals surface area contributed by atoms with E-state index >= 15 is 0 Å². The van der Waals surface area contributed by atoms with Gasteiger partial charge in [-0.1, -0.05) is 18.2 Å². The molecule has 146 valence electrons. The Morgan fingerprint density at radius 2 is 1.86 bits per heavy atom. The quantitative estimate of drug-likeness (QED) is 0.675. The second-order valence-corrected chi connectivity index (χ2v) is 6.56. The minimum absolute atomic E-state index is 0.343. The summed E-state index contributed by atoms with van der Waals surface area (Å²) in [6.07, 6.45) is 1.49. The molecule has 1 fully saturated rings. The third-order valence-corrected chi connectivity index (χ3v) is 4.78. The van der Waals surface area contributed by atoms with Crippen LogP contribution < -0.4 is 10.6 Å². The third kappa shape index (κ3) is 4.01. The van der Waals surface area contributed by atoms with E-state index in [9.17, 15) is 5.26 Å². The van der Waals surface area contributed by atoms with Gasteiger partial charge in [-0.05, 0) is 35.9 Å². The molecule has 2 aromatic carbocycles. The predicted molar refractivity (Wildman–Crippen MR) is 110 cm³/mol. The summed E-state index contributed by atoms with van der Waals surface area (Å²) in [5.74, 6) is 0.388. The molecule has 0 atom stereocenters. The van der Waals surface area contributed by atoms with Crippen LogP contribution in [0.15, 0.2) is 65.0 Å². The lowest BCUT2D eigenvalue weighted by Crippen LogP contribution is -2.36. The van der Waals surface area contributed by atoms with E-state index in [2.05, 4.69) is 26.3 Å². The zero-order valence-electron chi connectivity index (χ0n) is 15.9. The van der Waals surface area contributed by atoms with E-state index in [-0.39, 0.29) is 0 Å². The molecule has 29 heavy (non-hydrogen) atoms. The molecule has 8 heteroatoms. The summed E-state index contributed by atoms with van der Waals surface area (Å²) in [6.45, 7) is 3.49. The van der Waals surface area contributed by atoms with Gasteiger partial charge in [-0.3, -0.25) is 0 Å². The van der Waals surface area contributed by atoms with Gasteiger partial charge in [0, 0.05) is 25.3 Å². The standard InChI is InChI=1S/C21H21N7O/c22-13-16-12-19(27-8-10-29-11-9-27)6-7-20(16)25-26-21-17(14-23)15-24-28(21)18-4-2-1-3-5-18/h1-7,12,15H,8-11,13,22H2. The molecule has 0 spiro atoms. The maximum Gasteiger partial charge on any atom is 0.195 e. The fraction of sp³-hybridized carbons (Fsp3) is 0.238. The van der Waals surface area contributed by atoms with Crippen molar-refractivity contribution < 1.29 is 4.74 Å². The van der Waals surface area contributed by atoms with E-state index in [0.717, 1.165) is 43.2 Å². The molecule has 0 unspecified atom stereocenters. The first kappa shape index (κ1) is 18.8. The van der Waals surface area contributed by atoms with Crippen molar-refractivity contribution in [2.24, 2.45) is 16.0 Å². The van der Waals surface area contributed by atoms with Crippen molar-refractivity contribution in [2.75, 3.05) is 31.2 Å². The normalized spacial score (nSPS) is 14.3. The van der Waals surface area contributed by atoms with E-state index in [4.69, 9.17) is 10.5 Å². The third-order valence-electron chi connectivity index (χ3n) is 4.78. The molecule has 3 aromatic rings. The zero-order valence-corrected chi connectivity index (χ0v) is 15.9. The highest BCUT2D eigenvalue weighted by atomic mass is 16.5. The molecule has 1 aliphatic heterocycles. The number of morpholine rings is 1. The second kappa shape index (κ2) is 8.65. The largest absolute Gasteiger partial charge is 0.378 e. The highest BCUT2D eigenvalue weighted by Crippen LogP contribution is 2.29. The minimum atomic E-state index is 0.343. The van der Waals surface area contributed by atoms with Crippen LogP contribution in [-0.2, 0) is 11.3 Å². The Labute approximate surface area is 168 Å². The summed E-state index contributed by atoms with van der Waals surface area (Å²) in [6, 6.07) is 17.6. The van der Waals surface area contributed by atoms with Gasteiger partial charge >= 0.3 is 0 Å². The molecule has 2 N–H and O–H groups in total. The Bertz CT molecular complexity index is 1050. The van der Waals surface area contributed by atoms with Crippen LogP contribution >= 0.6 is 0 Å². The Kier molecular flexibility index (Phi) is 5.61. The van der Waals surface area contributed by atoms with Crippen LogP contribution in [0.2, 0.25) is 0 Å². The van der Waals surface area contributed by atoms with Crippen LogP contribution in [-0.4, -0.2) is 36.1 Å². The number of azo groups is 1. The van der Waals surface area contributed by atoms with E-state index < -0.39 is 0 Å². The maximum absolute atomic E-state index is 9.42. The van der Waals surface area contributed by atoms with Gasteiger partial charge in [-0.25, -0.2) is 4.68 Å². The monoisotopic (exact) mass is 387 g/mol. The van der Waals surface area contributed by atoms with Crippen LogP contribution in [0, 0.1) is 11.3 Å². The minimum Gasteiger partial charge on any atom is -0.378 e. The maximum atomic E-state index is 9.42. The van der Waals surface area contributed by atoms with Crippen molar-refractivity contribution in [3.8, 4) is 11.8 Å². The van der Waals surface area contributed by atoms with E-state index in [0.29, 0.717) is 23.6 Å². The number of rotatable bonds is 5. The average molecular weight is 387 g/mol. The lowest BCUT2D eigenvalue weighted by atomic mass is 10.1.